The number of sulfone groups is 1. The summed E-state index contributed by atoms with van der Waals surface area (Å²) in [6, 6.07) is 5.08. The van der Waals surface area contributed by atoms with E-state index in [-0.39, 0.29) is 34.3 Å². The molecule has 0 radical (unpaired) electrons. The number of hydrogen-bond acceptors (Lipinski definition) is 3. The molecular weight excluding hydrogens is 313 g/mol. The van der Waals surface area contributed by atoms with Gasteiger partial charge in [0.1, 0.15) is 5.82 Å². The molecule has 0 aromatic heterocycles. The summed E-state index contributed by atoms with van der Waals surface area (Å²) in [5, 5.41) is 3.46. The number of nitrogens with one attached hydrogen (secondary N) is 1. The van der Waals surface area contributed by atoms with Crippen molar-refractivity contribution >= 4 is 21.4 Å². The number of benzene rings is 1. The highest BCUT2D eigenvalue weighted by molar-refractivity contribution is 7.91. The summed E-state index contributed by atoms with van der Waals surface area (Å²) in [4.78, 5) is 0. The first kappa shape index (κ1) is 16.7. The van der Waals surface area contributed by atoms with Gasteiger partial charge in [-0.2, -0.15) is 0 Å². The second-order valence-corrected chi connectivity index (χ2v) is 8.31. The van der Waals surface area contributed by atoms with Gasteiger partial charge in [0.05, 0.1) is 16.5 Å². The number of halogens is 2. The zero-order chi connectivity index (χ0) is 15.5. The molecule has 3 nitrogen and oxygen atoms in total. The van der Waals surface area contributed by atoms with E-state index in [2.05, 4.69) is 5.32 Å². The highest BCUT2D eigenvalue weighted by Crippen LogP contribution is 2.25. The monoisotopic (exact) mass is 333 g/mol. The van der Waals surface area contributed by atoms with Gasteiger partial charge >= 0.3 is 0 Å². The molecule has 1 aromatic rings. The molecule has 1 aromatic carbocycles. The van der Waals surface area contributed by atoms with E-state index in [4.69, 9.17) is 11.6 Å². The van der Waals surface area contributed by atoms with Crippen molar-refractivity contribution in [1.82, 2.24) is 5.32 Å². The summed E-state index contributed by atoms with van der Waals surface area (Å²) >= 11 is 5.81. The molecule has 0 amide bonds. The molecule has 118 valence electrons. The van der Waals surface area contributed by atoms with Crippen molar-refractivity contribution in [3.05, 3.63) is 34.6 Å². The topological polar surface area (TPSA) is 46.2 Å². The smallest absolute Gasteiger partial charge is 0.150 e. The van der Waals surface area contributed by atoms with Crippen LogP contribution in [0.3, 0.4) is 0 Å². The van der Waals surface area contributed by atoms with Crippen molar-refractivity contribution in [3.63, 3.8) is 0 Å². The lowest BCUT2D eigenvalue weighted by molar-refractivity contribution is 0.405. The first-order valence-electron chi connectivity index (χ1n) is 7.28. The third-order valence-corrected chi connectivity index (χ3v) is 6.06. The van der Waals surface area contributed by atoms with Crippen LogP contribution in [0.2, 0.25) is 5.02 Å². The summed E-state index contributed by atoms with van der Waals surface area (Å²) in [5.74, 6) is 0.331. The van der Waals surface area contributed by atoms with Gasteiger partial charge in [0.15, 0.2) is 9.84 Å². The van der Waals surface area contributed by atoms with Crippen LogP contribution >= 0.6 is 11.6 Å². The summed E-state index contributed by atoms with van der Waals surface area (Å²) in [6.45, 7) is 2.76. The lowest BCUT2D eigenvalue weighted by Crippen LogP contribution is -2.33. The van der Waals surface area contributed by atoms with Crippen LogP contribution in [0.1, 0.15) is 25.3 Å². The number of hydrogen-bond donors (Lipinski definition) is 1. The Morgan fingerprint density at radius 3 is 2.86 bits per heavy atom. The third-order valence-electron chi connectivity index (χ3n) is 3.94. The van der Waals surface area contributed by atoms with Crippen molar-refractivity contribution in [2.45, 2.75) is 32.2 Å². The normalized spacial score (nSPS) is 22.3. The summed E-state index contributed by atoms with van der Waals surface area (Å²) in [7, 11) is -2.87. The minimum Gasteiger partial charge on any atom is -0.314 e. The van der Waals surface area contributed by atoms with Gasteiger partial charge in [0.25, 0.3) is 0 Å². The van der Waals surface area contributed by atoms with Gasteiger partial charge in [-0.25, -0.2) is 12.8 Å². The van der Waals surface area contributed by atoms with Crippen molar-refractivity contribution in [2.24, 2.45) is 5.92 Å². The van der Waals surface area contributed by atoms with E-state index in [0.717, 1.165) is 13.0 Å². The van der Waals surface area contributed by atoms with Crippen molar-refractivity contribution in [2.75, 3.05) is 18.1 Å². The van der Waals surface area contributed by atoms with Gasteiger partial charge in [0.2, 0.25) is 0 Å². The zero-order valence-electron chi connectivity index (χ0n) is 12.1. The van der Waals surface area contributed by atoms with Crippen LogP contribution in [0.5, 0.6) is 0 Å². The Labute approximate surface area is 130 Å². The van der Waals surface area contributed by atoms with E-state index in [1.165, 1.54) is 6.07 Å². The molecule has 1 saturated heterocycles. The lowest BCUT2D eigenvalue weighted by atomic mass is 9.94. The number of likely N-dealkylation sites (N-methyl/N-ethyl adjacent to an activating group) is 1. The van der Waals surface area contributed by atoms with Gasteiger partial charge in [0, 0.05) is 6.04 Å². The standard InChI is InChI=1S/C15H21ClFNO2S/c1-2-18-13(8-11-6-7-21(19,20)10-11)9-12-4-3-5-14(16)15(12)17/h3-5,11,13,18H,2,6-10H2,1H3. The van der Waals surface area contributed by atoms with Gasteiger partial charge in [-0.3, -0.25) is 0 Å². The quantitative estimate of drug-likeness (QED) is 0.870. The van der Waals surface area contributed by atoms with Gasteiger partial charge in [-0.05, 0) is 43.4 Å². The van der Waals surface area contributed by atoms with Crippen LogP contribution in [0.25, 0.3) is 0 Å². The molecule has 2 atom stereocenters. The van der Waals surface area contributed by atoms with Crippen LogP contribution in [0.4, 0.5) is 4.39 Å². The molecule has 0 saturated carbocycles. The molecule has 1 fully saturated rings. The van der Waals surface area contributed by atoms with E-state index in [1.54, 1.807) is 12.1 Å². The highest BCUT2D eigenvalue weighted by Gasteiger charge is 2.29. The molecule has 1 aliphatic rings. The molecular formula is C15H21ClFNO2S. The Balaban J connectivity index is 2.04. The fourth-order valence-electron chi connectivity index (χ4n) is 2.96. The van der Waals surface area contributed by atoms with E-state index < -0.39 is 9.84 Å². The highest BCUT2D eigenvalue weighted by atomic mass is 35.5. The van der Waals surface area contributed by atoms with Crippen molar-refractivity contribution in [3.8, 4) is 0 Å². The molecule has 1 heterocycles. The predicted octanol–water partition coefficient (Wildman–Crippen LogP) is 2.82. The minimum absolute atomic E-state index is 0.0706. The molecule has 0 bridgehead atoms. The van der Waals surface area contributed by atoms with E-state index >= 15 is 0 Å². The summed E-state index contributed by atoms with van der Waals surface area (Å²) in [5.41, 5.74) is 0.578. The SMILES string of the molecule is CCNC(Cc1cccc(Cl)c1F)CC1CCS(=O)(=O)C1. The summed E-state index contributed by atoms with van der Waals surface area (Å²) < 4.78 is 37.1. The van der Waals surface area contributed by atoms with Crippen molar-refractivity contribution in [1.29, 1.82) is 0 Å². The Kier molecular flexibility index (Phi) is 5.63. The van der Waals surface area contributed by atoms with Gasteiger partial charge in [-0.15, -0.1) is 0 Å². The molecule has 2 unspecified atom stereocenters. The van der Waals surface area contributed by atoms with Crippen LogP contribution in [-0.2, 0) is 16.3 Å². The number of rotatable bonds is 6. The molecule has 1 aliphatic heterocycles. The van der Waals surface area contributed by atoms with Crippen LogP contribution in [0, 0.1) is 11.7 Å². The maximum absolute atomic E-state index is 14.0. The zero-order valence-corrected chi connectivity index (χ0v) is 13.7. The van der Waals surface area contributed by atoms with Crippen LogP contribution < -0.4 is 5.32 Å². The molecule has 1 N–H and O–H groups in total. The van der Waals surface area contributed by atoms with Crippen LogP contribution in [-0.4, -0.2) is 32.5 Å². The molecule has 6 heteroatoms. The van der Waals surface area contributed by atoms with Gasteiger partial charge in [-0.1, -0.05) is 30.7 Å². The van der Waals surface area contributed by atoms with Crippen molar-refractivity contribution < 1.29 is 12.8 Å². The fourth-order valence-corrected chi connectivity index (χ4v) is 5.03. The maximum Gasteiger partial charge on any atom is 0.150 e. The third kappa shape index (κ3) is 4.66. The largest absolute Gasteiger partial charge is 0.314 e. The predicted molar refractivity (Wildman–Crippen MR) is 84.0 cm³/mol. The van der Waals surface area contributed by atoms with E-state index in [9.17, 15) is 12.8 Å². The average Bonchev–Trinajstić information content (AvgIpc) is 2.74. The Bertz CT molecular complexity index is 591. The van der Waals surface area contributed by atoms with Gasteiger partial charge < -0.3 is 5.32 Å². The molecule has 2 rings (SSSR count). The second kappa shape index (κ2) is 7.07. The van der Waals surface area contributed by atoms with E-state index in [0.29, 0.717) is 18.4 Å². The van der Waals surface area contributed by atoms with Crippen LogP contribution in [0.15, 0.2) is 18.2 Å². The average molecular weight is 334 g/mol. The first-order chi connectivity index (χ1) is 9.91. The molecule has 0 aliphatic carbocycles. The Morgan fingerprint density at radius 2 is 2.24 bits per heavy atom. The maximum atomic E-state index is 14.0. The summed E-state index contributed by atoms with van der Waals surface area (Å²) in [6.07, 6.45) is 1.98. The molecule has 0 spiro atoms. The second-order valence-electron chi connectivity index (χ2n) is 5.68. The lowest BCUT2D eigenvalue weighted by Gasteiger charge is -2.21. The molecule has 21 heavy (non-hydrogen) atoms. The first-order valence-corrected chi connectivity index (χ1v) is 9.48. The Morgan fingerprint density at radius 1 is 1.48 bits per heavy atom. The minimum atomic E-state index is -2.87. The van der Waals surface area contributed by atoms with E-state index in [1.807, 2.05) is 6.92 Å². The Hall–Kier alpha value is -0.650. The fraction of sp³-hybridized carbons (Fsp3) is 0.600.